The van der Waals surface area contributed by atoms with Gasteiger partial charge in [0.25, 0.3) is 0 Å². The monoisotopic (exact) mass is 308 g/mol. The maximum Gasteiger partial charge on any atom is 0.136 e. The molecule has 1 heterocycles. The fourth-order valence-electron chi connectivity index (χ4n) is 3.53. The van der Waals surface area contributed by atoms with Gasteiger partial charge in [-0.05, 0) is 58.7 Å². The molecule has 1 heteroatoms. The highest BCUT2D eigenvalue weighted by molar-refractivity contribution is 6.11. The molecule has 1 nitrogen and oxygen atoms in total. The molecule has 0 radical (unpaired) electrons. The Hall–Kier alpha value is -3.06. The van der Waals surface area contributed by atoms with Crippen molar-refractivity contribution in [3.63, 3.8) is 0 Å². The van der Waals surface area contributed by atoms with Crippen LogP contribution in [0.25, 0.3) is 43.8 Å². The van der Waals surface area contributed by atoms with Crippen LogP contribution in [0.4, 0.5) is 0 Å². The molecule has 0 fully saturated rings. The molecule has 5 aromatic rings. The minimum atomic E-state index is 0.942. The molecule has 0 spiro atoms. The van der Waals surface area contributed by atoms with Crippen LogP contribution in [-0.4, -0.2) is 0 Å². The van der Waals surface area contributed by atoms with Crippen LogP contribution in [-0.2, 0) is 0 Å². The maximum atomic E-state index is 6.08. The normalized spacial score (nSPS) is 11.5. The van der Waals surface area contributed by atoms with Gasteiger partial charge in [-0.2, -0.15) is 0 Å². The number of benzene rings is 4. The average molecular weight is 308 g/mol. The third kappa shape index (κ3) is 1.95. The number of hydrogen-bond donors (Lipinski definition) is 0. The van der Waals surface area contributed by atoms with Crippen molar-refractivity contribution >= 4 is 32.7 Å². The van der Waals surface area contributed by atoms with Gasteiger partial charge in [0, 0.05) is 10.8 Å². The Balaban J connectivity index is 1.83. The van der Waals surface area contributed by atoms with Gasteiger partial charge in [-0.15, -0.1) is 0 Å². The fourth-order valence-corrected chi connectivity index (χ4v) is 3.53. The Morgan fingerprint density at radius 3 is 2.17 bits per heavy atom. The summed E-state index contributed by atoms with van der Waals surface area (Å²) in [5.41, 5.74) is 5.68. The lowest BCUT2D eigenvalue weighted by Gasteiger charge is -2.05. The maximum absolute atomic E-state index is 6.08. The van der Waals surface area contributed by atoms with Crippen molar-refractivity contribution in [1.82, 2.24) is 0 Å². The molecular formula is C23H16O. The van der Waals surface area contributed by atoms with Gasteiger partial charge in [-0.25, -0.2) is 0 Å². The number of hydrogen-bond acceptors (Lipinski definition) is 1. The lowest BCUT2D eigenvalue weighted by atomic mass is 9.98. The van der Waals surface area contributed by atoms with E-state index in [-0.39, 0.29) is 0 Å². The van der Waals surface area contributed by atoms with E-state index in [0.717, 1.165) is 11.2 Å². The molecule has 4 aromatic carbocycles. The molecule has 0 aliphatic heterocycles. The minimum Gasteiger partial charge on any atom is -0.456 e. The van der Waals surface area contributed by atoms with Crippen LogP contribution < -0.4 is 0 Å². The molecule has 0 N–H and O–H groups in total. The molecule has 0 unspecified atom stereocenters. The number of furan rings is 1. The van der Waals surface area contributed by atoms with Gasteiger partial charge in [0.05, 0.1) is 0 Å². The second-order valence-corrected chi connectivity index (χ2v) is 6.32. The number of aryl methyl sites for hydroxylation is 1. The quantitative estimate of drug-likeness (QED) is 0.335. The van der Waals surface area contributed by atoms with Gasteiger partial charge >= 0.3 is 0 Å². The molecule has 0 saturated carbocycles. The van der Waals surface area contributed by atoms with Crippen LogP contribution in [0.1, 0.15) is 5.56 Å². The Kier molecular flexibility index (Phi) is 2.77. The van der Waals surface area contributed by atoms with E-state index < -0.39 is 0 Å². The lowest BCUT2D eigenvalue weighted by Crippen LogP contribution is -1.82. The minimum absolute atomic E-state index is 0.942. The molecule has 24 heavy (non-hydrogen) atoms. The Morgan fingerprint density at radius 2 is 1.33 bits per heavy atom. The summed E-state index contributed by atoms with van der Waals surface area (Å²) in [5, 5.41) is 4.81. The average Bonchev–Trinajstić information content (AvgIpc) is 2.97. The van der Waals surface area contributed by atoms with E-state index in [1.165, 1.54) is 38.2 Å². The molecule has 0 atom stereocenters. The Bertz CT molecular complexity index is 1210. The van der Waals surface area contributed by atoms with E-state index in [0.29, 0.717) is 0 Å². The standard InChI is InChI=1S/C23H16O/c1-15-6-2-5-9-19(15)18-10-11-22-20(13-18)21-12-16-7-3-4-8-17(16)14-23(21)24-22/h2-14H,1H3. The molecule has 5 rings (SSSR count). The smallest absolute Gasteiger partial charge is 0.136 e. The number of rotatable bonds is 1. The predicted molar refractivity (Wildman–Crippen MR) is 101 cm³/mol. The molecular weight excluding hydrogens is 292 g/mol. The second kappa shape index (κ2) is 4.97. The summed E-state index contributed by atoms with van der Waals surface area (Å²) in [6.07, 6.45) is 0. The summed E-state index contributed by atoms with van der Waals surface area (Å²) in [5.74, 6) is 0. The van der Waals surface area contributed by atoms with Crippen LogP contribution >= 0.6 is 0 Å². The zero-order valence-electron chi connectivity index (χ0n) is 13.4. The van der Waals surface area contributed by atoms with Crippen LogP contribution in [0.3, 0.4) is 0 Å². The van der Waals surface area contributed by atoms with Crippen molar-refractivity contribution in [3.8, 4) is 11.1 Å². The van der Waals surface area contributed by atoms with E-state index in [2.05, 4.69) is 85.8 Å². The third-order valence-corrected chi connectivity index (χ3v) is 4.79. The van der Waals surface area contributed by atoms with Crippen molar-refractivity contribution in [1.29, 1.82) is 0 Å². The van der Waals surface area contributed by atoms with E-state index in [1.807, 2.05) is 0 Å². The lowest BCUT2D eigenvalue weighted by molar-refractivity contribution is 0.669. The van der Waals surface area contributed by atoms with Crippen LogP contribution in [0.15, 0.2) is 83.3 Å². The summed E-state index contributed by atoms with van der Waals surface area (Å²) in [4.78, 5) is 0. The van der Waals surface area contributed by atoms with Gasteiger partial charge in [0.1, 0.15) is 11.2 Å². The van der Waals surface area contributed by atoms with Gasteiger partial charge in [-0.3, -0.25) is 0 Å². The topological polar surface area (TPSA) is 13.1 Å². The zero-order chi connectivity index (χ0) is 16.1. The van der Waals surface area contributed by atoms with Crippen LogP contribution in [0, 0.1) is 6.92 Å². The molecule has 0 aliphatic carbocycles. The Labute approximate surface area is 140 Å². The summed E-state index contributed by atoms with van der Waals surface area (Å²) in [6, 6.07) is 27.8. The van der Waals surface area contributed by atoms with Gasteiger partial charge in [-0.1, -0.05) is 54.6 Å². The second-order valence-electron chi connectivity index (χ2n) is 6.32. The van der Waals surface area contributed by atoms with Crippen molar-refractivity contribution in [3.05, 3.63) is 84.4 Å². The fraction of sp³-hybridized carbons (Fsp3) is 0.0435. The summed E-state index contributed by atoms with van der Waals surface area (Å²) in [7, 11) is 0. The van der Waals surface area contributed by atoms with Crippen molar-refractivity contribution < 1.29 is 4.42 Å². The van der Waals surface area contributed by atoms with E-state index >= 15 is 0 Å². The first-order chi connectivity index (χ1) is 11.8. The van der Waals surface area contributed by atoms with Crippen molar-refractivity contribution in [2.75, 3.05) is 0 Å². The van der Waals surface area contributed by atoms with Gasteiger partial charge in [0.2, 0.25) is 0 Å². The summed E-state index contributed by atoms with van der Waals surface area (Å²) in [6.45, 7) is 2.15. The summed E-state index contributed by atoms with van der Waals surface area (Å²) >= 11 is 0. The van der Waals surface area contributed by atoms with Crippen molar-refractivity contribution in [2.45, 2.75) is 6.92 Å². The highest BCUT2D eigenvalue weighted by atomic mass is 16.3. The molecule has 0 aliphatic rings. The third-order valence-electron chi connectivity index (χ3n) is 4.79. The first kappa shape index (κ1) is 13.4. The van der Waals surface area contributed by atoms with E-state index in [9.17, 15) is 0 Å². The summed E-state index contributed by atoms with van der Waals surface area (Å²) < 4.78 is 6.08. The first-order valence-electron chi connectivity index (χ1n) is 8.21. The molecule has 0 bridgehead atoms. The van der Waals surface area contributed by atoms with Crippen molar-refractivity contribution in [2.24, 2.45) is 0 Å². The molecule has 0 saturated heterocycles. The largest absolute Gasteiger partial charge is 0.456 e. The first-order valence-corrected chi connectivity index (χ1v) is 8.21. The molecule has 114 valence electrons. The van der Waals surface area contributed by atoms with Crippen LogP contribution in [0.5, 0.6) is 0 Å². The highest BCUT2D eigenvalue weighted by Gasteiger charge is 2.10. The van der Waals surface area contributed by atoms with E-state index in [1.54, 1.807) is 0 Å². The van der Waals surface area contributed by atoms with Gasteiger partial charge in [0.15, 0.2) is 0 Å². The molecule has 0 amide bonds. The zero-order valence-corrected chi connectivity index (χ0v) is 13.4. The number of fused-ring (bicyclic) bond motifs is 4. The highest BCUT2D eigenvalue weighted by Crippen LogP contribution is 2.35. The van der Waals surface area contributed by atoms with Gasteiger partial charge < -0.3 is 4.42 Å². The predicted octanol–water partition coefficient (Wildman–Crippen LogP) is 6.71. The Morgan fingerprint density at radius 1 is 0.625 bits per heavy atom. The van der Waals surface area contributed by atoms with E-state index in [4.69, 9.17) is 4.42 Å². The van der Waals surface area contributed by atoms with Crippen LogP contribution in [0.2, 0.25) is 0 Å². The SMILES string of the molecule is Cc1ccccc1-c1ccc2oc3cc4ccccc4cc3c2c1. The molecule has 1 aromatic heterocycles.